The third-order valence-corrected chi connectivity index (χ3v) is 5.31. The van der Waals surface area contributed by atoms with Gasteiger partial charge < -0.3 is 9.47 Å². The number of unbranched alkanes of at least 4 members (excludes halogenated alkanes) is 4. The van der Waals surface area contributed by atoms with Crippen molar-refractivity contribution in [2.45, 2.75) is 111 Å². The van der Waals surface area contributed by atoms with Crippen molar-refractivity contribution in [2.24, 2.45) is 11.8 Å². The second kappa shape index (κ2) is 18.3. The molecule has 0 aromatic carbocycles. The summed E-state index contributed by atoms with van der Waals surface area (Å²) >= 11 is 0. The maximum atomic E-state index is 11.9. The summed E-state index contributed by atoms with van der Waals surface area (Å²) in [5.74, 6) is 0.541. The fraction of sp³-hybridized carbons (Fsp3) is 0.913. The van der Waals surface area contributed by atoms with E-state index in [0.29, 0.717) is 44.3 Å². The summed E-state index contributed by atoms with van der Waals surface area (Å²) in [5, 5.41) is 0. The molecule has 0 aliphatic carbocycles. The van der Waals surface area contributed by atoms with Crippen LogP contribution in [0, 0.1) is 11.8 Å². The smallest absolute Gasteiger partial charge is 0.305 e. The van der Waals surface area contributed by atoms with Crippen LogP contribution >= 0.6 is 0 Å². The average Bonchev–Trinajstić information content (AvgIpc) is 2.67. The molecule has 4 heteroatoms. The highest BCUT2D eigenvalue weighted by atomic mass is 16.5. The molecule has 0 aromatic rings. The van der Waals surface area contributed by atoms with Crippen LogP contribution in [0.25, 0.3) is 0 Å². The van der Waals surface area contributed by atoms with E-state index < -0.39 is 0 Å². The van der Waals surface area contributed by atoms with Crippen molar-refractivity contribution >= 4 is 11.9 Å². The van der Waals surface area contributed by atoms with E-state index in [9.17, 15) is 9.59 Å². The largest absolute Gasteiger partial charge is 0.465 e. The van der Waals surface area contributed by atoms with E-state index >= 15 is 0 Å². The van der Waals surface area contributed by atoms with E-state index in [0.717, 1.165) is 25.7 Å². The molecule has 2 atom stereocenters. The Bertz CT molecular complexity index is 333. The SMILES string of the molecule is CCCCCC(CC)COC(=O)CCCC(=O)OCC(CC)CCCCC. The quantitative estimate of drug-likeness (QED) is 0.201. The summed E-state index contributed by atoms with van der Waals surface area (Å²) in [7, 11) is 0. The molecule has 0 radical (unpaired) electrons. The van der Waals surface area contributed by atoms with E-state index in [1.165, 1.54) is 38.5 Å². The van der Waals surface area contributed by atoms with Gasteiger partial charge in [-0.15, -0.1) is 0 Å². The van der Waals surface area contributed by atoms with Gasteiger partial charge in [-0.2, -0.15) is 0 Å². The molecular formula is C23H44O4. The minimum absolute atomic E-state index is 0.192. The van der Waals surface area contributed by atoms with Gasteiger partial charge in [0.25, 0.3) is 0 Å². The first-order chi connectivity index (χ1) is 13.1. The summed E-state index contributed by atoms with van der Waals surface area (Å²) in [6.45, 7) is 9.71. The Balaban J connectivity index is 3.81. The monoisotopic (exact) mass is 384 g/mol. The lowest BCUT2D eigenvalue weighted by molar-refractivity contribution is -0.147. The van der Waals surface area contributed by atoms with Gasteiger partial charge in [-0.05, 0) is 31.1 Å². The van der Waals surface area contributed by atoms with Crippen LogP contribution in [-0.4, -0.2) is 25.2 Å². The van der Waals surface area contributed by atoms with Crippen LogP contribution in [0.4, 0.5) is 0 Å². The number of ether oxygens (including phenoxy) is 2. The zero-order chi connectivity index (χ0) is 20.3. The van der Waals surface area contributed by atoms with Crippen LogP contribution in [0.1, 0.15) is 111 Å². The molecule has 0 aliphatic heterocycles. The first-order valence-electron chi connectivity index (χ1n) is 11.4. The van der Waals surface area contributed by atoms with Gasteiger partial charge in [0.05, 0.1) is 13.2 Å². The first-order valence-corrected chi connectivity index (χ1v) is 11.4. The molecule has 0 saturated heterocycles. The van der Waals surface area contributed by atoms with Crippen LogP contribution in [0.2, 0.25) is 0 Å². The van der Waals surface area contributed by atoms with Gasteiger partial charge in [0.2, 0.25) is 0 Å². The lowest BCUT2D eigenvalue weighted by Crippen LogP contribution is -2.15. The molecule has 0 heterocycles. The van der Waals surface area contributed by atoms with Crippen molar-refractivity contribution in [3.8, 4) is 0 Å². The van der Waals surface area contributed by atoms with Crippen molar-refractivity contribution in [3.63, 3.8) is 0 Å². The van der Waals surface area contributed by atoms with Gasteiger partial charge in [0.15, 0.2) is 0 Å². The zero-order valence-electron chi connectivity index (χ0n) is 18.4. The topological polar surface area (TPSA) is 52.6 Å². The highest BCUT2D eigenvalue weighted by Crippen LogP contribution is 2.16. The minimum Gasteiger partial charge on any atom is -0.465 e. The average molecular weight is 385 g/mol. The molecule has 0 saturated carbocycles. The van der Waals surface area contributed by atoms with Gasteiger partial charge in [-0.1, -0.05) is 79.1 Å². The summed E-state index contributed by atoms with van der Waals surface area (Å²) < 4.78 is 10.8. The first kappa shape index (κ1) is 25.9. The normalized spacial score (nSPS) is 13.2. The summed E-state index contributed by atoms with van der Waals surface area (Å²) in [5.41, 5.74) is 0. The van der Waals surface area contributed by atoms with Gasteiger partial charge in [-0.3, -0.25) is 9.59 Å². The molecule has 27 heavy (non-hydrogen) atoms. The number of hydrogen-bond acceptors (Lipinski definition) is 4. The van der Waals surface area contributed by atoms with Crippen LogP contribution in [0.15, 0.2) is 0 Å². The van der Waals surface area contributed by atoms with Gasteiger partial charge in [0, 0.05) is 12.8 Å². The lowest BCUT2D eigenvalue weighted by Gasteiger charge is -2.15. The van der Waals surface area contributed by atoms with Crippen molar-refractivity contribution < 1.29 is 19.1 Å². The van der Waals surface area contributed by atoms with E-state index in [1.807, 2.05) is 0 Å². The van der Waals surface area contributed by atoms with E-state index in [4.69, 9.17) is 9.47 Å². The Morgan fingerprint density at radius 3 is 1.37 bits per heavy atom. The Hall–Kier alpha value is -1.06. The second-order valence-electron chi connectivity index (χ2n) is 7.76. The molecule has 0 spiro atoms. The number of hydrogen-bond donors (Lipinski definition) is 0. The van der Waals surface area contributed by atoms with Crippen molar-refractivity contribution in [3.05, 3.63) is 0 Å². The maximum Gasteiger partial charge on any atom is 0.305 e. The molecule has 0 N–H and O–H groups in total. The Morgan fingerprint density at radius 2 is 1.04 bits per heavy atom. The molecule has 0 amide bonds. The molecule has 0 fully saturated rings. The van der Waals surface area contributed by atoms with Gasteiger partial charge in [0.1, 0.15) is 0 Å². The predicted octanol–water partition coefficient (Wildman–Crippen LogP) is 6.46. The fourth-order valence-corrected chi connectivity index (χ4v) is 3.12. The Labute approximate surface area is 167 Å². The summed E-state index contributed by atoms with van der Waals surface area (Å²) in [4.78, 5) is 23.7. The summed E-state index contributed by atoms with van der Waals surface area (Å²) in [6.07, 6.45) is 12.8. The molecule has 0 aromatic heterocycles. The highest BCUT2D eigenvalue weighted by molar-refractivity contribution is 5.72. The molecule has 4 nitrogen and oxygen atoms in total. The minimum atomic E-state index is -0.192. The van der Waals surface area contributed by atoms with Crippen LogP contribution in [0.3, 0.4) is 0 Å². The summed E-state index contributed by atoms with van der Waals surface area (Å²) in [6, 6.07) is 0. The maximum absolute atomic E-state index is 11.9. The molecule has 0 bridgehead atoms. The van der Waals surface area contributed by atoms with Gasteiger partial charge in [-0.25, -0.2) is 0 Å². The number of rotatable bonds is 18. The van der Waals surface area contributed by atoms with E-state index in [1.54, 1.807) is 0 Å². The Kier molecular flexibility index (Phi) is 17.6. The number of carbonyl (C=O) groups excluding carboxylic acids is 2. The highest BCUT2D eigenvalue weighted by Gasteiger charge is 2.13. The van der Waals surface area contributed by atoms with Crippen molar-refractivity contribution in [1.82, 2.24) is 0 Å². The van der Waals surface area contributed by atoms with E-state index in [2.05, 4.69) is 27.7 Å². The predicted molar refractivity (Wildman–Crippen MR) is 112 cm³/mol. The van der Waals surface area contributed by atoms with Crippen molar-refractivity contribution in [1.29, 1.82) is 0 Å². The van der Waals surface area contributed by atoms with E-state index in [-0.39, 0.29) is 11.9 Å². The molecular weight excluding hydrogens is 340 g/mol. The lowest BCUT2D eigenvalue weighted by atomic mass is 10.00. The van der Waals surface area contributed by atoms with Crippen LogP contribution in [-0.2, 0) is 19.1 Å². The Morgan fingerprint density at radius 1 is 0.630 bits per heavy atom. The third kappa shape index (κ3) is 15.7. The van der Waals surface area contributed by atoms with Crippen molar-refractivity contribution in [2.75, 3.05) is 13.2 Å². The molecule has 2 unspecified atom stereocenters. The number of carbonyl (C=O) groups is 2. The zero-order valence-corrected chi connectivity index (χ0v) is 18.4. The van der Waals surface area contributed by atoms with Gasteiger partial charge >= 0.3 is 11.9 Å². The molecule has 0 rings (SSSR count). The standard InChI is InChI=1S/C23H44O4/c1-5-9-11-14-20(7-3)18-26-22(24)16-13-17-23(25)27-19-21(8-4)15-12-10-6-2/h20-21H,5-19H2,1-4H3. The number of esters is 2. The fourth-order valence-electron chi connectivity index (χ4n) is 3.12. The second-order valence-corrected chi connectivity index (χ2v) is 7.76. The molecule has 160 valence electrons. The van der Waals surface area contributed by atoms with Crippen LogP contribution < -0.4 is 0 Å². The third-order valence-electron chi connectivity index (χ3n) is 5.31. The van der Waals surface area contributed by atoms with Crippen LogP contribution in [0.5, 0.6) is 0 Å². The molecule has 0 aliphatic rings.